The number of nitrogens with zero attached hydrogens (tertiary/aromatic N) is 11. The van der Waals surface area contributed by atoms with E-state index in [1.807, 2.05) is 0 Å². The summed E-state index contributed by atoms with van der Waals surface area (Å²) in [7, 11) is -27.0. The van der Waals surface area contributed by atoms with Crippen LogP contribution in [-0.4, -0.2) is 196 Å². The molecule has 0 bridgehead atoms. The number of hydrogen-bond donors (Lipinski definition) is 12. The Kier molecular flexibility index (Phi) is 21.9. The number of hydrogen-bond acceptors (Lipinski definition) is 34. The van der Waals surface area contributed by atoms with Gasteiger partial charge in [0.05, 0.1) is 51.8 Å². The number of H-pyrrole nitrogens is 3. The van der Waals surface area contributed by atoms with Gasteiger partial charge in [-0.25, -0.2) is 67.1 Å². The van der Waals surface area contributed by atoms with E-state index in [0.717, 1.165) is 38.7 Å². The number of nitrogen functional groups attached to an aromatic ring is 2. The molecule has 0 amide bonds. The van der Waals surface area contributed by atoms with Crippen molar-refractivity contribution in [3.63, 3.8) is 0 Å². The Hall–Kier alpha value is -6.95. The van der Waals surface area contributed by atoms with Crippen molar-refractivity contribution < 1.29 is 122 Å². The molecular weight excluding hydrogens is 1490 g/mol. The molecular formula is C50H65N16O32P5. The van der Waals surface area contributed by atoms with Crippen molar-refractivity contribution in [2.24, 2.45) is 0 Å². The van der Waals surface area contributed by atoms with Gasteiger partial charge in [-0.3, -0.25) is 92.9 Å². The molecule has 5 saturated heterocycles. The molecule has 5 aliphatic heterocycles. The Balaban J connectivity index is 0.743. The molecule has 7 aromatic heterocycles. The second-order valence-corrected chi connectivity index (χ2v) is 30.8. The van der Waals surface area contributed by atoms with Crippen LogP contribution in [0, 0.1) is 20.8 Å². The third-order valence-corrected chi connectivity index (χ3v) is 21.3. The predicted molar refractivity (Wildman–Crippen MR) is 337 cm³/mol. The number of phosphoric acid groups is 5. The summed E-state index contributed by atoms with van der Waals surface area (Å²) in [5.41, 5.74) is 7.30. The topological polar surface area (TPSA) is 660 Å². The fourth-order valence-corrected chi connectivity index (χ4v) is 16.0. The number of aliphatic hydroxyl groups is 1. The number of imidazole rings is 2. The highest BCUT2D eigenvalue weighted by molar-refractivity contribution is 7.48. The molecule has 53 heteroatoms. The van der Waals surface area contributed by atoms with Gasteiger partial charge in [0.2, 0.25) is 0 Å². The maximum Gasteiger partial charge on any atom is 0.472 e. The van der Waals surface area contributed by atoms with Gasteiger partial charge in [0.15, 0.2) is 22.9 Å². The van der Waals surface area contributed by atoms with Crippen molar-refractivity contribution in [2.75, 3.05) is 44.5 Å². The van der Waals surface area contributed by atoms with Gasteiger partial charge in [0.25, 0.3) is 16.7 Å². The largest absolute Gasteiger partial charge is 0.472 e. The molecule has 0 aromatic carbocycles. The van der Waals surface area contributed by atoms with Gasteiger partial charge in [-0.05, 0) is 20.8 Å². The predicted octanol–water partition coefficient (Wildman–Crippen LogP) is -1.68. The number of aliphatic hydroxyl groups excluding tert-OH is 1. The van der Waals surface area contributed by atoms with Crippen LogP contribution >= 0.6 is 39.1 Å². The second kappa shape index (κ2) is 29.8. The Morgan fingerprint density at radius 3 is 1.03 bits per heavy atom. The van der Waals surface area contributed by atoms with Crippen LogP contribution < -0.4 is 45.2 Å². The number of rotatable bonds is 28. The molecule has 0 spiro atoms. The van der Waals surface area contributed by atoms with E-state index in [-0.39, 0.29) is 63.5 Å². The molecule has 12 rings (SSSR count). The van der Waals surface area contributed by atoms with E-state index in [9.17, 15) is 86.1 Å². The average Bonchev–Trinajstić information content (AvgIpc) is 1.65. The van der Waals surface area contributed by atoms with E-state index in [2.05, 4.69) is 49.4 Å². The van der Waals surface area contributed by atoms with Gasteiger partial charge in [-0.1, -0.05) is 0 Å². The van der Waals surface area contributed by atoms with Crippen LogP contribution in [-0.2, 0) is 87.2 Å². The maximum absolute atomic E-state index is 14.3. The lowest BCUT2D eigenvalue weighted by molar-refractivity contribution is -0.0645. The highest BCUT2D eigenvalue weighted by Gasteiger charge is 2.50. The van der Waals surface area contributed by atoms with Crippen LogP contribution in [0.15, 0.2) is 72.7 Å². The second-order valence-electron chi connectivity index (χ2n) is 23.9. The van der Waals surface area contributed by atoms with E-state index < -0.39 is 217 Å². The van der Waals surface area contributed by atoms with Gasteiger partial charge in [-0.2, -0.15) is 0 Å². The molecule has 5 aliphatic rings. The number of nitrogens with two attached hydrogens (primary N) is 2. The summed E-state index contributed by atoms with van der Waals surface area (Å²) in [4.78, 5) is 171. The Labute approximate surface area is 573 Å². The van der Waals surface area contributed by atoms with E-state index in [1.165, 1.54) is 48.8 Å². The Bertz CT molecular complexity index is 4980. The monoisotopic (exact) mass is 1560 g/mol. The van der Waals surface area contributed by atoms with Gasteiger partial charge in [0, 0.05) is 67.4 Å². The summed E-state index contributed by atoms with van der Waals surface area (Å²) in [6.07, 6.45) is -16.7. The van der Waals surface area contributed by atoms with Crippen molar-refractivity contribution in [3.05, 3.63) is 123 Å². The number of nitrogens with one attached hydrogen (secondary N) is 3. The molecule has 12 heterocycles. The Morgan fingerprint density at radius 1 is 0.427 bits per heavy atom. The van der Waals surface area contributed by atoms with Crippen LogP contribution in [0.3, 0.4) is 0 Å². The molecule has 0 saturated carbocycles. The van der Waals surface area contributed by atoms with Gasteiger partial charge < -0.3 is 69.6 Å². The number of phosphoric ester groups is 5. The minimum absolute atomic E-state index is 0.000694. The highest BCUT2D eigenvalue weighted by atomic mass is 31.2. The number of anilines is 2. The summed E-state index contributed by atoms with van der Waals surface area (Å²) in [5.74, 6) is -0.0727. The lowest BCUT2D eigenvalue weighted by Crippen LogP contribution is -2.33. The number of fused-ring (bicyclic) bond motifs is 2. The van der Waals surface area contributed by atoms with Crippen molar-refractivity contribution >= 4 is 73.1 Å². The summed E-state index contributed by atoms with van der Waals surface area (Å²) in [6.45, 7) is -0.881. The van der Waals surface area contributed by atoms with Crippen molar-refractivity contribution in [1.82, 2.24) is 67.7 Å². The van der Waals surface area contributed by atoms with Crippen LogP contribution in [0.1, 0.15) is 79.9 Å². The first-order valence-corrected chi connectivity index (χ1v) is 38.1. The summed E-state index contributed by atoms with van der Waals surface area (Å²) in [5, 5.41) is 10.8. The van der Waals surface area contributed by atoms with Gasteiger partial charge in [0.1, 0.15) is 110 Å². The standard InChI is InChI=1S/C50H65N16O32P5/c1-21-9-62(48(71)59-45(21)68)34-4-24(67)29(90-34)12-86-100(77,78)95-25-5-35(63-10-22(2)46(69)60-49(63)72)91-31(25)14-87-101(79,80)96-26-6-36(64-11-23(3)47(70)61-50(64)73)92-32(26)15-88-103(83,84)98-28-8-38(66-20-58-40-42(52)54-18-56-44(40)66)94-33(28)16-89-102(81,82)97-27-7-37(93-30(27)13-85-99(74,75)76)65-19-57-39-41(51)53-17-55-43(39)65/h9-11,17-20,24-38,67H,4-8,12-16H2,1-3H3,(H,77,78)(H,79,80)(H,81,82)(H,83,84)(H2,51,53,55)(H2,52,54,56)(H,59,68,71)(H,60,69,72)(H,61,70,73)(H2,74,75,76)/t24-,25-,26-,27-,28-,29+,30+,31+,32+,33+,34+,35+,36+,37+,38+/m0/s1. The lowest BCUT2D eigenvalue weighted by Gasteiger charge is -2.26. The van der Waals surface area contributed by atoms with E-state index in [1.54, 1.807) is 0 Å². The molecule has 0 aliphatic carbocycles. The van der Waals surface area contributed by atoms with Crippen molar-refractivity contribution in [1.29, 1.82) is 0 Å². The zero-order valence-electron chi connectivity index (χ0n) is 53.4. The SMILES string of the molecule is Cc1cn([C@H]2C[C@H](OP(=O)(O)OC[C@H]3O[C@@H](n4cc(C)c(=O)[nH]c4=O)C[C@@H]3O)[C@@H](COP(=O)(O)O[C@H]3C[C@H](n4cc(C)c(=O)[nH]c4=O)O[C@@H]3COP(=O)(O)O[C@H]3C[C@H](n4cnc5c(N)ncnc54)O[C@@H]3COP(=O)(O)O[C@H]3C[C@H](n4cnc5c(N)ncnc54)O[C@@H]3COP(=O)(O)O)O2)c(=O)[nH]c1=O. The maximum atomic E-state index is 14.3. The summed E-state index contributed by atoms with van der Waals surface area (Å²) >= 11 is 0. The number of aromatic amines is 3. The minimum Gasteiger partial charge on any atom is -0.390 e. The number of ether oxygens (including phenoxy) is 5. The molecule has 7 aromatic rings. The van der Waals surface area contributed by atoms with Gasteiger partial charge in [-0.15, -0.1) is 0 Å². The minimum atomic E-state index is -5.58. The quantitative estimate of drug-likeness (QED) is 0.0244. The first kappa shape index (κ1) is 75.7. The highest BCUT2D eigenvalue weighted by Crippen LogP contribution is 2.55. The zero-order valence-corrected chi connectivity index (χ0v) is 57.9. The lowest BCUT2D eigenvalue weighted by atomic mass is 10.2. The fourth-order valence-electron chi connectivity index (χ4n) is 11.8. The van der Waals surface area contributed by atoms with Crippen LogP contribution in [0.4, 0.5) is 11.6 Å². The third kappa shape index (κ3) is 17.5. The zero-order chi connectivity index (χ0) is 74.0. The van der Waals surface area contributed by atoms with E-state index >= 15 is 0 Å². The first-order valence-electron chi connectivity index (χ1n) is 30.6. The molecule has 5 fully saturated rings. The Morgan fingerprint density at radius 2 is 0.709 bits per heavy atom. The normalized spacial score (nSPS) is 29.2. The molecule has 103 heavy (non-hydrogen) atoms. The molecule has 4 unspecified atom stereocenters. The van der Waals surface area contributed by atoms with E-state index in [0.29, 0.717) is 0 Å². The average molecular weight is 1560 g/mol. The number of aromatic nitrogens is 14. The molecule has 562 valence electrons. The van der Waals surface area contributed by atoms with Crippen molar-refractivity contribution in [3.8, 4) is 0 Å². The van der Waals surface area contributed by atoms with E-state index in [4.69, 9.17) is 71.3 Å². The van der Waals surface area contributed by atoms with Crippen LogP contribution in [0.5, 0.6) is 0 Å². The molecule has 48 nitrogen and oxygen atoms in total. The molecule has 19 atom stereocenters. The van der Waals surface area contributed by atoms with Crippen LogP contribution in [0.2, 0.25) is 0 Å². The van der Waals surface area contributed by atoms with Crippen LogP contribution in [0.25, 0.3) is 22.3 Å². The first-order chi connectivity index (χ1) is 48.4. The third-order valence-electron chi connectivity index (χ3n) is 16.8. The van der Waals surface area contributed by atoms with Gasteiger partial charge >= 0.3 is 56.2 Å². The molecule has 0 radical (unpaired) electrons. The summed E-state index contributed by atoms with van der Waals surface area (Å²) < 4.78 is 151. The fraction of sp³-hybridized carbons (Fsp3) is 0.560. The number of aryl methyl sites for hydroxylation is 3. The molecule has 14 N–H and O–H groups in total. The van der Waals surface area contributed by atoms with Crippen molar-refractivity contribution in [2.45, 2.75) is 145 Å². The smallest absolute Gasteiger partial charge is 0.390 e. The summed E-state index contributed by atoms with van der Waals surface area (Å²) in [6, 6.07) is 0.